The van der Waals surface area contributed by atoms with Crippen molar-refractivity contribution in [1.82, 2.24) is 5.32 Å². The Morgan fingerprint density at radius 2 is 1.89 bits per heavy atom. The number of carbonyl (C=O) groups excluding carboxylic acids is 1. The van der Waals surface area contributed by atoms with E-state index in [0.717, 1.165) is 26.8 Å². The van der Waals surface area contributed by atoms with Crippen LogP contribution in [0.3, 0.4) is 0 Å². The van der Waals surface area contributed by atoms with Gasteiger partial charge in [0.1, 0.15) is 12.3 Å². The van der Waals surface area contributed by atoms with Crippen LogP contribution in [0.15, 0.2) is 53.4 Å². The molecule has 8 heteroatoms. The van der Waals surface area contributed by atoms with Crippen LogP contribution >= 0.6 is 11.8 Å². The standard InChI is InChI=1S/C20H26N2O4S2/c1-15(2)26-18-9-5-7-16(11-18)13-21-20(23)14-22(28(4,24)25)17-8-6-10-19(12-17)27-3/h5-12,15H,13-14H2,1-4H3,(H,21,23). The lowest BCUT2D eigenvalue weighted by molar-refractivity contribution is -0.119. The molecule has 6 nitrogen and oxygen atoms in total. The van der Waals surface area contributed by atoms with E-state index in [1.807, 2.05) is 50.4 Å². The lowest BCUT2D eigenvalue weighted by atomic mass is 10.2. The first-order valence-corrected chi connectivity index (χ1v) is 11.9. The highest BCUT2D eigenvalue weighted by Crippen LogP contribution is 2.23. The van der Waals surface area contributed by atoms with Crippen LogP contribution in [0.1, 0.15) is 19.4 Å². The predicted octanol–water partition coefficient (Wildman–Crippen LogP) is 3.28. The monoisotopic (exact) mass is 422 g/mol. The summed E-state index contributed by atoms with van der Waals surface area (Å²) in [4.78, 5) is 13.3. The minimum atomic E-state index is -3.60. The Labute approximate surface area is 171 Å². The van der Waals surface area contributed by atoms with Gasteiger partial charge in [0.2, 0.25) is 15.9 Å². The number of nitrogens with one attached hydrogen (secondary N) is 1. The fourth-order valence-electron chi connectivity index (χ4n) is 2.55. The molecule has 2 aromatic rings. The maximum absolute atomic E-state index is 12.4. The molecule has 0 radical (unpaired) electrons. The second kappa shape index (κ2) is 9.84. The van der Waals surface area contributed by atoms with Crippen LogP contribution in [0.5, 0.6) is 5.75 Å². The summed E-state index contributed by atoms with van der Waals surface area (Å²) in [6, 6.07) is 14.6. The summed E-state index contributed by atoms with van der Waals surface area (Å²) in [5.74, 6) is 0.351. The normalized spacial score (nSPS) is 11.3. The molecule has 0 fully saturated rings. The highest BCUT2D eigenvalue weighted by molar-refractivity contribution is 7.98. The molecule has 0 bridgehead atoms. The fourth-order valence-corrected chi connectivity index (χ4v) is 3.86. The number of carbonyl (C=O) groups is 1. The Balaban J connectivity index is 2.06. The smallest absolute Gasteiger partial charge is 0.241 e. The molecule has 1 amide bonds. The molecule has 28 heavy (non-hydrogen) atoms. The van der Waals surface area contributed by atoms with Gasteiger partial charge in [-0.25, -0.2) is 8.42 Å². The van der Waals surface area contributed by atoms with E-state index in [1.165, 1.54) is 11.8 Å². The van der Waals surface area contributed by atoms with Crippen molar-refractivity contribution in [2.45, 2.75) is 31.4 Å². The van der Waals surface area contributed by atoms with Crippen molar-refractivity contribution in [3.63, 3.8) is 0 Å². The zero-order valence-electron chi connectivity index (χ0n) is 16.5. The number of hydrogen-bond acceptors (Lipinski definition) is 5. The number of amides is 1. The Bertz CT molecular complexity index is 914. The number of nitrogens with zero attached hydrogens (tertiary/aromatic N) is 1. The molecule has 1 N–H and O–H groups in total. The second-order valence-electron chi connectivity index (χ2n) is 6.56. The second-order valence-corrected chi connectivity index (χ2v) is 9.35. The van der Waals surface area contributed by atoms with Gasteiger partial charge in [-0.3, -0.25) is 9.10 Å². The zero-order valence-corrected chi connectivity index (χ0v) is 18.1. The van der Waals surface area contributed by atoms with Gasteiger partial charge in [0.15, 0.2) is 0 Å². The van der Waals surface area contributed by atoms with E-state index >= 15 is 0 Å². The van der Waals surface area contributed by atoms with Crippen LogP contribution in [0.2, 0.25) is 0 Å². The first-order chi connectivity index (χ1) is 13.2. The van der Waals surface area contributed by atoms with E-state index in [4.69, 9.17) is 4.74 Å². The van der Waals surface area contributed by atoms with Crippen LogP contribution in [-0.4, -0.2) is 39.5 Å². The summed E-state index contributed by atoms with van der Waals surface area (Å²) in [6.07, 6.45) is 3.07. The third-order valence-corrected chi connectivity index (χ3v) is 5.65. The van der Waals surface area contributed by atoms with E-state index < -0.39 is 10.0 Å². The van der Waals surface area contributed by atoms with Gasteiger partial charge in [0.25, 0.3) is 0 Å². The lowest BCUT2D eigenvalue weighted by Crippen LogP contribution is -2.40. The number of sulfonamides is 1. The van der Waals surface area contributed by atoms with Gasteiger partial charge >= 0.3 is 0 Å². The van der Waals surface area contributed by atoms with Crippen LogP contribution in [0.25, 0.3) is 0 Å². The van der Waals surface area contributed by atoms with Crippen molar-refractivity contribution in [2.75, 3.05) is 23.4 Å². The van der Waals surface area contributed by atoms with Gasteiger partial charge in [-0.05, 0) is 56.0 Å². The third-order valence-electron chi connectivity index (χ3n) is 3.79. The van der Waals surface area contributed by atoms with E-state index in [1.54, 1.807) is 18.2 Å². The summed E-state index contributed by atoms with van der Waals surface area (Å²) in [5.41, 5.74) is 1.35. The number of anilines is 1. The number of benzene rings is 2. The third kappa shape index (κ3) is 6.76. The Morgan fingerprint density at radius 3 is 2.54 bits per heavy atom. The van der Waals surface area contributed by atoms with Crippen LogP contribution in [0.4, 0.5) is 5.69 Å². The lowest BCUT2D eigenvalue weighted by Gasteiger charge is -2.22. The Kier molecular flexibility index (Phi) is 7.77. The first-order valence-electron chi connectivity index (χ1n) is 8.83. The number of thioether (sulfide) groups is 1. The summed E-state index contributed by atoms with van der Waals surface area (Å²) in [5, 5.41) is 2.77. The molecule has 0 aliphatic heterocycles. The van der Waals surface area contributed by atoms with Gasteiger partial charge in [0, 0.05) is 11.4 Å². The van der Waals surface area contributed by atoms with Gasteiger partial charge in [-0.15, -0.1) is 11.8 Å². The van der Waals surface area contributed by atoms with Gasteiger partial charge < -0.3 is 10.1 Å². The molecular formula is C20H26N2O4S2. The van der Waals surface area contributed by atoms with Crippen molar-refractivity contribution in [1.29, 1.82) is 0 Å². The highest BCUT2D eigenvalue weighted by atomic mass is 32.2. The maximum Gasteiger partial charge on any atom is 0.241 e. The molecule has 0 saturated heterocycles. The van der Waals surface area contributed by atoms with Crippen LogP contribution in [0, 0.1) is 0 Å². The molecular weight excluding hydrogens is 396 g/mol. The largest absolute Gasteiger partial charge is 0.491 e. The Morgan fingerprint density at radius 1 is 1.18 bits per heavy atom. The minimum absolute atomic E-state index is 0.0604. The van der Waals surface area contributed by atoms with Crippen molar-refractivity contribution in [3.05, 3.63) is 54.1 Å². The average molecular weight is 423 g/mol. The highest BCUT2D eigenvalue weighted by Gasteiger charge is 2.21. The van der Waals surface area contributed by atoms with Crippen LogP contribution < -0.4 is 14.4 Å². The van der Waals surface area contributed by atoms with Crippen molar-refractivity contribution >= 4 is 33.4 Å². The molecule has 0 heterocycles. The molecule has 152 valence electrons. The average Bonchev–Trinajstić information content (AvgIpc) is 2.63. The summed E-state index contributed by atoms with van der Waals surface area (Å²) in [7, 11) is -3.60. The maximum atomic E-state index is 12.4. The minimum Gasteiger partial charge on any atom is -0.491 e. The van der Waals surface area contributed by atoms with Crippen molar-refractivity contribution in [3.8, 4) is 5.75 Å². The number of hydrogen-bond donors (Lipinski definition) is 1. The van der Waals surface area contributed by atoms with Gasteiger partial charge in [-0.1, -0.05) is 18.2 Å². The quantitative estimate of drug-likeness (QED) is 0.628. The molecule has 0 atom stereocenters. The SMILES string of the molecule is CSc1cccc(N(CC(=O)NCc2cccc(OC(C)C)c2)S(C)(=O)=O)c1. The van der Waals surface area contributed by atoms with Gasteiger partial charge in [0.05, 0.1) is 18.0 Å². The van der Waals surface area contributed by atoms with Crippen molar-refractivity contribution in [2.24, 2.45) is 0 Å². The number of ether oxygens (including phenoxy) is 1. The molecule has 0 aliphatic rings. The van der Waals surface area contributed by atoms with Gasteiger partial charge in [-0.2, -0.15) is 0 Å². The summed E-state index contributed by atoms with van der Waals surface area (Å²) < 4.78 is 31.2. The molecule has 2 aromatic carbocycles. The van der Waals surface area contributed by atoms with E-state index in [0.29, 0.717) is 5.69 Å². The van der Waals surface area contributed by atoms with E-state index in [-0.39, 0.29) is 25.1 Å². The predicted molar refractivity (Wildman–Crippen MR) is 114 cm³/mol. The molecule has 2 rings (SSSR count). The molecule has 0 unspecified atom stereocenters. The Hall–Kier alpha value is -2.19. The summed E-state index contributed by atoms with van der Waals surface area (Å²) >= 11 is 1.51. The number of rotatable bonds is 9. The molecule has 0 aliphatic carbocycles. The van der Waals surface area contributed by atoms with Crippen LogP contribution in [-0.2, 0) is 21.4 Å². The fraction of sp³-hybridized carbons (Fsp3) is 0.350. The van der Waals surface area contributed by atoms with E-state index in [2.05, 4.69) is 5.32 Å². The first kappa shape index (κ1) is 22.1. The zero-order chi connectivity index (χ0) is 20.7. The molecule has 0 saturated carbocycles. The molecule has 0 aromatic heterocycles. The van der Waals surface area contributed by atoms with E-state index in [9.17, 15) is 13.2 Å². The topological polar surface area (TPSA) is 75.7 Å². The molecule has 0 spiro atoms. The summed E-state index contributed by atoms with van der Waals surface area (Å²) in [6.45, 7) is 3.90. The van der Waals surface area contributed by atoms with Crippen molar-refractivity contribution < 1.29 is 17.9 Å².